The van der Waals surface area contributed by atoms with Gasteiger partial charge in [0.1, 0.15) is 11.6 Å². The number of nitrogens with one attached hydrogen (secondary N) is 1. The summed E-state index contributed by atoms with van der Waals surface area (Å²) in [5.41, 5.74) is 5.45. The number of carbonyl (C=O) groups is 1. The van der Waals surface area contributed by atoms with Gasteiger partial charge < -0.3 is 15.0 Å². The Kier molecular flexibility index (Phi) is 7.30. The van der Waals surface area contributed by atoms with Crippen LogP contribution in [0.5, 0.6) is 5.75 Å². The molecule has 0 spiro atoms. The molecule has 1 aliphatic carbocycles. The van der Waals surface area contributed by atoms with Crippen molar-refractivity contribution < 1.29 is 9.53 Å². The molecule has 1 atom stereocenters. The van der Waals surface area contributed by atoms with Crippen LogP contribution in [0.1, 0.15) is 61.1 Å². The van der Waals surface area contributed by atoms with Gasteiger partial charge in [0.05, 0.1) is 23.7 Å². The fourth-order valence-corrected chi connectivity index (χ4v) is 5.41. The van der Waals surface area contributed by atoms with Gasteiger partial charge in [-0.25, -0.2) is 19.9 Å². The van der Waals surface area contributed by atoms with Crippen molar-refractivity contribution in [3.8, 4) is 5.75 Å². The molecule has 0 radical (unpaired) electrons. The van der Waals surface area contributed by atoms with E-state index in [9.17, 15) is 4.79 Å². The summed E-state index contributed by atoms with van der Waals surface area (Å²) in [6.07, 6.45) is 7.03. The number of carbonyl (C=O) groups excluding carboxylic acids is 1. The standard InChI is InChI=1S/C28H36N6O2/c1-4-36-21-11-12-25-23(16-21)19(3)31-28(33-25)34-15-7-8-20(17-34)27(35)29-14-13-26-30-18(2)22-9-5-6-10-24(22)32-26/h11-12,16,20H,4-10,13-15,17H2,1-3H3,(H,29,35). The zero-order chi connectivity index (χ0) is 25.1. The van der Waals surface area contributed by atoms with Gasteiger partial charge in [-0.2, -0.15) is 0 Å². The van der Waals surface area contributed by atoms with E-state index in [-0.39, 0.29) is 11.8 Å². The predicted molar refractivity (Wildman–Crippen MR) is 141 cm³/mol. The largest absolute Gasteiger partial charge is 0.494 e. The van der Waals surface area contributed by atoms with Crippen molar-refractivity contribution in [3.05, 3.63) is 46.7 Å². The molecular formula is C28H36N6O2. The molecule has 8 heteroatoms. The summed E-state index contributed by atoms with van der Waals surface area (Å²) in [4.78, 5) is 34.2. The van der Waals surface area contributed by atoms with E-state index in [4.69, 9.17) is 24.7 Å². The molecule has 1 aromatic carbocycles. The smallest absolute Gasteiger partial charge is 0.226 e. The monoisotopic (exact) mass is 488 g/mol. The van der Waals surface area contributed by atoms with Crippen molar-refractivity contribution in [3.63, 3.8) is 0 Å². The van der Waals surface area contributed by atoms with E-state index in [2.05, 4.69) is 17.1 Å². The van der Waals surface area contributed by atoms with Gasteiger partial charge in [-0.15, -0.1) is 0 Å². The lowest BCUT2D eigenvalue weighted by Crippen LogP contribution is -2.44. The van der Waals surface area contributed by atoms with Crippen LogP contribution in [-0.2, 0) is 24.1 Å². The zero-order valence-corrected chi connectivity index (χ0v) is 21.6. The minimum absolute atomic E-state index is 0.0788. The third-order valence-corrected chi connectivity index (χ3v) is 7.32. The first-order valence-corrected chi connectivity index (χ1v) is 13.3. The number of fused-ring (bicyclic) bond motifs is 2. The maximum Gasteiger partial charge on any atom is 0.226 e. The fraction of sp³-hybridized carbons (Fsp3) is 0.536. The molecule has 190 valence electrons. The van der Waals surface area contributed by atoms with Crippen LogP contribution in [0.3, 0.4) is 0 Å². The minimum Gasteiger partial charge on any atom is -0.494 e. The highest BCUT2D eigenvalue weighted by Crippen LogP contribution is 2.27. The van der Waals surface area contributed by atoms with Crippen molar-refractivity contribution in [1.82, 2.24) is 25.3 Å². The number of hydrogen-bond donors (Lipinski definition) is 1. The Hall–Kier alpha value is -3.29. The van der Waals surface area contributed by atoms with Crippen LogP contribution in [-0.4, -0.2) is 52.1 Å². The molecule has 1 fully saturated rings. The average Bonchev–Trinajstić information content (AvgIpc) is 2.89. The molecule has 1 amide bonds. The topological polar surface area (TPSA) is 93.1 Å². The van der Waals surface area contributed by atoms with E-state index in [1.54, 1.807) is 0 Å². The molecule has 3 heterocycles. The molecule has 2 aromatic heterocycles. The normalized spacial score (nSPS) is 17.6. The number of ether oxygens (including phenoxy) is 1. The summed E-state index contributed by atoms with van der Waals surface area (Å²) in [6.45, 7) is 8.72. The predicted octanol–water partition coefficient (Wildman–Crippen LogP) is 3.89. The Morgan fingerprint density at radius 3 is 2.81 bits per heavy atom. The molecule has 1 N–H and O–H groups in total. The highest BCUT2D eigenvalue weighted by atomic mass is 16.5. The van der Waals surface area contributed by atoms with Crippen LogP contribution in [0.25, 0.3) is 10.9 Å². The van der Waals surface area contributed by atoms with Gasteiger partial charge in [-0.05, 0) is 83.1 Å². The third kappa shape index (κ3) is 5.27. The number of aryl methyl sites for hydroxylation is 3. The van der Waals surface area contributed by atoms with E-state index in [1.807, 2.05) is 32.0 Å². The van der Waals surface area contributed by atoms with Gasteiger partial charge >= 0.3 is 0 Å². The summed E-state index contributed by atoms with van der Waals surface area (Å²) >= 11 is 0. The van der Waals surface area contributed by atoms with Gasteiger partial charge in [-0.1, -0.05) is 0 Å². The summed E-state index contributed by atoms with van der Waals surface area (Å²) in [5, 5.41) is 4.13. The van der Waals surface area contributed by atoms with Gasteiger partial charge in [0, 0.05) is 42.8 Å². The lowest BCUT2D eigenvalue weighted by atomic mass is 9.95. The number of rotatable bonds is 7. The molecule has 1 unspecified atom stereocenters. The molecule has 1 saturated heterocycles. The third-order valence-electron chi connectivity index (χ3n) is 7.32. The minimum atomic E-state index is -0.0788. The first kappa shape index (κ1) is 24.4. The zero-order valence-electron chi connectivity index (χ0n) is 21.6. The maximum atomic E-state index is 13.0. The molecule has 0 bridgehead atoms. The Labute approximate surface area is 212 Å². The lowest BCUT2D eigenvalue weighted by Gasteiger charge is -2.32. The van der Waals surface area contributed by atoms with E-state index in [1.165, 1.54) is 24.1 Å². The van der Waals surface area contributed by atoms with E-state index in [0.717, 1.165) is 66.1 Å². The quantitative estimate of drug-likeness (QED) is 0.539. The SMILES string of the molecule is CCOc1ccc2nc(N3CCCC(C(=O)NCCc4nc(C)c5c(n4)CCCC5)C3)nc(C)c2c1. The lowest BCUT2D eigenvalue weighted by molar-refractivity contribution is -0.125. The highest BCUT2D eigenvalue weighted by Gasteiger charge is 2.27. The summed E-state index contributed by atoms with van der Waals surface area (Å²) in [7, 11) is 0. The van der Waals surface area contributed by atoms with Crippen LogP contribution < -0.4 is 15.0 Å². The summed E-state index contributed by atoms with van der Waals surface area (Å²) in [5.74, 6) is 2.37. The highest BCUT2D eigenvalue weighted by molar-refractivity contribution is 5.83. The summed E-state index contributed by atoms with van der Waals surface area (Å²) in [6, 6.07) is 5.93. The molecule has 1 aliphatic heterocycles. The first-order valence-electron chi connectivity index (χ1n) is 13.3. The van der Waals surface area contributed by atoms with Crippen molar-refractivity contribution in [1.29, 1.82) is 0 Å². The molecule has 8 nitrogen and oxygen atoms in total. The van der Waals surface area contributed by atoms with Crippen LogP contribution in [0.4, 0.5) is 5.95 Å². The Morgan fingerprint density at radius 2 is 1.94 bits per heavy atom. The maximum absolute atomic E-state index is 13.0. The number of nitrogens with zero attached hydrogens (tertiary/aromatic N) is 5. The second kappa shape index (κ2) is 10.8. The number of piperidine rings is 1. The molecule has 36 heavy (non-hydrogen) atoms. The molecule has 2 aliphatic rings. The number of aromatic nitrogens is 4. The van der Waals surface area contributed by atoms with Gasteiger partial charge in [0.2, 0.25) is 11.9 Å². The number of amides is 1. The van der Waals surface area contributed by atoms with Gasteiger partial charge in [0.25, 0.3) is 0 Å². The van der Waals surface area contributed by atoms with Crippen molar-refractivity contribution in [2.75, 3.05) is 31.1 Å². The van der Waals surface area contributed by atoms with Crippen molar-refractivity contribution in [2.45, 2.75) is 65.7 Å². The van der Waals surface area contributed by atoms with Crippen LogP contribution in [0.15, 0.2) is 18.2 Å². The van der Waals surface area contributed by atoms with Crippen LogP contribution in [0, 0.1) is 19.8 Å². The van der Waals surface area contributed by atoms with Crippen molar-refractivity contribution in [2.24, 2.45) is 5.92 Å². The second-order valence-electron chi connectivity index (χ2n) is 9.90. The number of anilines is 1. The first-order chi connectivity index (χ1) is 17.5. The van der Waals surface area contributed by atoms with Gasteiger partial charge in [-0.3, -0.25) is 4.79 Å². The van der Waals surface area contributed by atoms with Crippen LogP contribution >= 0.6 is 0 Å². The Morgan fingerprint density at radius 1 is 1.08 bits per heavy atom. The second-order valence-corrected chi connectivity index (χ2v) is 9.90. The summed E-state index contributed by atoms with van der Waals surface area (Å²) < 4.78 is 5.63. The average molecular weight is 489 g/mol. The molecule has 3 aromatic rings. The Bertz CT molecular complexity index is 1260. The van der Waals surface area contributed by atoms with E-state index in [0.29, 0.717) is 32.1 Å². The molecule has 0 saturated carbocycles. The van der Waals surface area contributed by atoms with Gasteiger partial charge in [0.15, 0.2) is 0 Å². The molecule has 5 rings (SSSR count). The van der Waals surface area contributed by atoms with E-state index >= 15 is 0 Å². The van der Waals surface area contributed by atoms with Crippen LogP contribution in [0.2, 0.25) is 0 Å². The number of hydrogen-bond acceptors (Lipinski definition) is 7. The Balaban J connectivity index is 1.20. The molecular weight excluding hydrogens is 452 g/mol. The van der Waals surface area contributed by atoms with Crippen molar-refractivity contribution >= 4 is 22.8 Å². The number of benzene rings is 1. The fourth-order valence-electron chi connectivity index (χ4n) is 5.41. The van der Waals surface area contributed by atoms with E-state index < -0.39 is 0 Å².